The molecule has 5 aliphatic rings. The Kier molecular flexibility index (Phi) is 5.30. The number of allylic oxidation sites excluding steroid dienone is 1. The quantitative estimate of drug-likeness (QED) is 0.300. The summed E-state index contributed by atoms with van der Waals surface area (Å²) in [5.41, 5.74) is -0.741. The number of hydrogen-bond acceptors (Lipinski definition) is 6. The molecule has 4 saturated carbocycles. The molecule has 190 valence electrons. The second kappa shape index (κ2) is 7.29. The van der Waals surface area contributed by atoms with Crippen LogP contribution in [0, 0.1) is 34.5 Å². The summed E-state index contributed by atoms with van der Waals surface area (Å²) >= 11 is 0. The van der Waals surface area contributed by atoms with Crippen LogP contribution in [0.15, 0.2) is 12.2 Å². The molecule has 34 heavy (non-hydrogen) atoms. The highest BCUT2D eigenvalue weighted by atomic mass is 28.4. The first-order valence-corrected chi connectivity index (χ1v) is 19.8. The van der Waals surface area contributed by atoms with Gasteiger partial charge in [-0.2, -0.15) is 0 Å². The summed E-state index contributed by atoms with van der Waals surface area (Å²) in [6.07, 6.45) is 3.75. The standard InChI is InChI=1S/C26H42O6Si2/c1-15-13-25-14-16(15)10-11-17(25)26-19(32-34(7,8)9)12-18(31-33(4,5)6)24(2,23(28)30-26)21(26)20(25)22(27)29-3/h16-21H,1,10-14H2,2-9H3. The van der Waals surface area contributed by atoms with Crippen molar-refractivity contribution in [2.45, 2.75) is 96.1 Å². The molecule has 6 nitrogen and oxygen atoms in total. The van der Waals surface area contributed by atoms with E-state index in [1.54, 1.807) is 0 Å². The first-order chi connectivity index (χ1) is 15.6. The van der Waals surface area contributed by atoms with E-state index < -0.39 is 33.6 Å². The lowest BCUT2D eigenvalue weighted by atomic mass is 9.58. The van der Waals surface area contributed by atoms with Gasteiger partial charge in [-0.1, -0.05) is 12.2 Å². The van der Waals surface area contributed by atoms with E-state index in [4.69, 9.17) is 18.3 Å². The van der Waals surface area contributed by atoms with Gasteiger partial charge in [-0.25, -0.2) is 0 Å². The van der Waals surface area contributed by atoms with Gasteiger partial charge < -0.3 is 18.3 Å². The lowest BCUT2D eigenvalue weighted by molar-refractivity contribution is -0.174. The Morgan fingerprint density at radius 3 is 2.26 bits per heavy atom. The molecule has 0 aromatic carbocycles. The third kappa shape index (κ3) is 3.10. The number of esters is 2. The summed E-state index contributed by atoms with van der Waals surface area (Å²) in [5, 5.41) is 0. The molecule has 0 N–H and O–H groups in total. The fourth-order valence-corrected chi connectivity index (χ4v) is 11.2. The molecule has 1 aliphatic heterocycles. The number of hydrogen-bond donors (Lipinski definition) is 0. The SMILES string of the molecule is C=C1CC23CC1CCC2C12OC(=O)C(C)(C(O[Si](C)(C)C)CC1O[Si](C)(C)C)C2C3C(=O)OC. The molecule has 9 unspecified atom stereocenters. The molecule has 1 heterocycles. The Labute approximate surface area is 206 Å². The highest BCUT2D eigenvalue weighted by molar-refractivity contribution is 6.70. The second-order valence-electron chi connectivity index (χ2n) is 13.8. The second-order valence-corrected chi connectivity index (χ2v) is 22.7. The monoisotopic (exact) mass is 506 g/mol. The van der Waals surface area contributed by atoms with Crippen molar-refractivity contribution < 1.29 is 27.9 Å². The lowest BCUT2D eigenvalue weighted by Gasteiger charge is -2.52. The molecule has 4 bridgehead atoms. The molecule has 8 heteroatoms. The zero-order chi connectivity index (χ0) is 25.1. The van der Waals surface area contributed by atoms with Crippen LogP contribution >= 0.6 is 0 Å². The summed E-state index contributed by atoms with van der Waals surface area (Å²) in [7, 11) is -2.53. The Morgan fingerprint density at radius 1 is 1.06 bits per heavy atom. The third-order valence-corrected chi connectivity index (χ3v) is 11.6. The smallest absolute Gasteiger partial charge is 0.315 e. The Balaban J connectivity index is 1.74. The van der Waals surface area contributed by atoms with E-state index >= 15 is 0 Å². The number of fused-ring (bicyclic) bond motifs is 1. The summed E-state index contributed by atoms with van der Waals surface area (Å²) in [6.45, 7) is 19.5. The minimum atomic E-state index is -2.00. The molecule has 0 amide bonds. The van der Waals surface area contributed by atoms with Crippen LogP contribution in [0.3, 0.4) is 0 Å². The van der Waals surface area contributed by atoms with Gasteiger partial charge in [-0.3, -0.25) is 9.59 Å². The van der Waals surface area contributed by atoms with E-state index in [1.807, 2.05) is 6.92 Å². The van der Waals surface area contributed by atoms with Crippen molar-refractivity contribution in [2.24, 2.45) is 34.5 Å². The number of rotatable bonds is 5. The van der Waals surface area contributed by atoms with Crippen LogP contribution in [0.25, 0.3) is 0 Å². The maximum absolute atomic E-state index is 13.9. The molecule has 9 atom stereocenters. The summed E-state index contributed by atoms with van der Waals surface area (Å²) in [5.74, 6) is -0.646. The van der Waals surface area contributed by atoms with Gasteiger partial charge >= 0.3 is 11.9 Å². The van der Waals surface area contributed by atoms with E-state index in [2.05, 4.69) is 45.9 Å². The number of carbonyl (C=O) groups excluding carboxylic acids is 2. The van der Waals surface area contributed by atoms with E-state index in [-0.39, 0.29) is 41.4 Å². The highest BCUT2D eigenvalue weighted by Gasteiger charge is 2.86. The van der Waals surface area contributed by atoms with Crippen molar-refractivity contribution in [2.75, 3.05) is 7.11 Å². The lowest BCUT2D eigenvalue weighted by Crippen LogP contribution is -2.63. The Morgan fingerprint density at radius 2 is 1.68 bits per heavy atom. The van der Waals surface area contributed by atoms with E-state index in [0.717, 1.165) is 25.7 Å². The van der Waals surface area contributed by atoms with Gasteiger partial charge in [-0.05, 0) is 83.2 Å². The van der Waals surface area contributed by atoms with Crippen molar-refractivity contribution in [3.05, 3.63) is 12.2 Å². The van der Waals surface area contributed by atoms with Gasteiger partial charge in [0, 0.05) is 18.3 Å². The van der Waals surface area contributed by atoms with Crippen molar-refractivity contribution in [1.29, 1.82) is 0 Å². The first-order valence-electron chi connectivity index (χ1n) is 12.9. The van der Waals surface area contributed by atoms with Crippen LogP contribution < -0.4 is 0 Å². The Bertz CT molecular complexity index is 937. The maximum atomic E-state index is 13.9. The molecule has 5 fully saturated rings. The van der Waals surface area contributed by atoms with Gasteiger partial charge in [0.2, 0.25) is 0 Å². The molecule has 1 saturated heterocycles. The van der Waals surface area contributed by atoms with Gasteiger partial charge in [0.05, 0.1) is 30.7 Å². The van der Waals surface area contributed by atoms with Crippen molar-refractivity contribution in [1.82, 2.24) is 0 Å². The average molecular weight is 507 g/mol. The minimum Gasteiger partial charge on any atom is -0.469 e. The zero-order valence-corrected chi connectivity index (χ0v) is 24.2. The van der Waals surface area contributed by atoms with Crippen molar-refractivity contribution in [3.8, 4) is 0 Å². The maximum Gasteiger partial charge on any atom is 0.315 e. The summed E-state index contributed by atoms with van der Waals surface area (Å²) in [6, 6.07) is 0. The topological polar surface area (TPSA) is 71.1 Å². The fraction of sp³-hybridized carbons (Fsp3) is 0.846. The van der Waals surface area contributed by atoms with Gasteiger partial charge in [0.1, 0.15) is 5.60 Å². The molecule has 0 aromatic heterocycles. The van der Waals surface area contributed by atoms with Crippen molar-refractivity contribution in [3.63, 3.8) is 0 Å². The predicted octanol–water partition coefficient (Wildman–Crippen LogP) is 4.91. The first kappa shape index (κ1) is 24.7. The molecule has 0 aromatic rings. The van der Waals surface area contributed by atoms with Crippen molar-refractivity contribution >= 4 is 28.6 Å². The number of methoxy groups -OCH3 is 1. The van der Waals surface area contributed by atoms with Crippen LogP contribution in [0.5, 0.6) is 0 Å². The van der Waals surface area contributed by atoms with Crippen LogP contribution in [-0.4, -0.2) is 53.5 Å². The molecule has 1 spiro atoms. The summed E-state index contributed by atoms with van der Waals surface area (Å²) in [4.78, 5) is 27.6. The molecular weight excluding hydrogens is 464 g/mol. The fourth-order valence-electron chi connectivity index (χ4n) is 8.86. The zero-order valence-electron chi connectivity index (χ0n) is 22.2. The van der Waals surface area contributed by atoms with E-state index in [9.17, 15) is 9.59 Å². The van der Waals surface area contributed by atoms with Gasteiger partial charge in [-0.15, -0.1) is 0 Å². The highest BCUT2D eigenvalue weighted by Crippen LogP contribution is 2.78. The molecule has 4 aliphatic carbocycles. The Hall–Kier alpha value is -0.966. The van der Waals surface area contributed by atoms with Crippen LogP contribution in [0.1, 0.15) is 39.0 Å². The van der Waals surface area contributed by atoms with Gasteiger partial charge in [0.15, 0.2) is 16.6 Å². The number of ether oxygens (including phenoxy) is 2. The molecule has 5 rings (SSSR count). The normalized spacial score (nSPS) is 47.3. The van der Waals surface area contributed by atoms with E-state index in [1.165, 1.54) is 12.7 Å². The largest absolute Gasteiger partial charge is 0.469 e. The van der Waals surface area contributed by atoms with Crippen LogP contribution in [0.2, 0.25) is 39.3 Å². The van der Waals surface area contributed by atoms with Crippen LogP contribution in [0.4, 0.5) is 0 Å². The minimum absolute atomic E-state index is 0.0737. The van der Waals surface area contributed by atoms with Crippen LogP contribution in [-0.2, 0) is 27.9 Å². The molecular formula is C26H42O6Si2. The van der Waals surface area contributed by atoms with Gasteiger partial charge in [0.25, 0.3) is 0 Å². The van der Waals surface area contributed by atoms with E-state index in [0.29, 0.717) is 12.3 Å². The molecule has 0 radical (unpaired) electrons. The average Bonchev–Trinajstić information content (AvgIpc) is 3.18. The third-order valence-electron chi connectivity index (χ3n) is 9.64. The predicted molar refractivity (Wildman–Crippen MR) is 134 cm³/mol. The number of carbonyl (C=O) groups is 2. The summed E-state index contributed by atoms with van der Waals surface area (Å²) < 4.78 is 25.8.